The highest BCUT2D eigenvalue weighted by Gasteiger charge is 2.18. The summed E-state index contributed by atoms with van der Waals surface area (Å²) >= 11 is 0. The molecule has 16 heavy (non-hydrogen) atoms. The fraction of sp³-hybridized carbons (Fsp3) is 0.250. The molecule has 0 saturated carbocycles. The van der Waals surface area contributed by atoms with Gasteiger partial charge in [0.2, 0.25) is 5.91 Å². The van der Waals surface area contributed by atoms with Crippen LogP contribution in [0, 0.1) is 0 Å². The molecule has 84 valence electrons. The van der Waals surface area contributed by atoms with Crippen LogP contribution in [0.15, 0.2) is 30.9 Å². The molecule has 1 aliphatic heterocycles. The zero-order valence-electron chi connectivity index (χ0n) is 9.03. The van der Waals surface area contributed by atoms with Crippen LogP contribution in [-0.2, 0) is 4.79 Å². The smallest absolute Gasteiger partial charge is 0.221 e. The van der Waals surface area contributed by atoms with Crippen molar-refractivity contribution >= 4 is 11.6 Å². The molecule has 1 aromatic carbocycles. The number of amides is 1. The van der Waals surface area contributed by atoms with Crippen LogP contribution in [0.1, 0.15) is 6.92 Å². The molecule has 0 aromatic heterocycles. The standard InChI is InChI=1S/C12H13NO3/c1-3-10-7-15-12-6-9(13-8(2)14)4-5-11(12)16-10/h3-6,10H,1,7H2,2H3,(H,13,14). The fourth-order valence-electron chi connectivity index (χ4n) is 1.48. The molecule has 1 amide bonds. The lowest BCUT2D eigenvalue weighted by molar-refractivity contribution is -0.114. The number of hydrogen-bond donors (Lipinski definition) is 1. The number of carbonyl (C=O) groups excluding carboxylic acids is 1. The average molecular weight is 219 g/mol. The molecule has 1 unspecified atom stereocenters. The predicted octanol–water partition coefficient (Wildman–Crippen LogP) is 1.97. The molecule has 1 aromatic rings. The zero-order valence-corrected chi connectivity index (χ0v) is 9.03. The summed E-state index contributed by atoms with van der Waals surface area (Å²) < 4.78 is 11.1. The van der Waals surface area contributed by atoms with E-state index >= 15 is 0 Å². The van der Waals surface area contributed by atoms with Crippen molar-refractivity contribution in [2.45, 2.75) is 13.0 Å². The first-order chi connectivity index (χ1) is 7.69. The van der Waals surface area contributed by atoms with Gasteiger partial charge in [-0.1, -0.05) is 6.58 Å². The normalized spacial score (nSPS) is 17.7. The van der Waals surface area contributed by atoms with Gasteiger partial charge in [0.15, 0.2) is 17.6 Å². The molecule has 1 aliphatic rings. The summed E-state index contributed by atoms with van der Waals surface area (Å²) in [4.78, 5) is 10.9. The second-order valence-corrected chi connectivity index (χ2v) is 3.55. The van der Waals surface area contributed by atoms with Gasteiger partial charge >= 0.3 is 0 Å². The number of ether oxygens (including phenoxy) is 2. The Morgan fingerprint density at radius 1 is 1.56 bits per heavy atom. The van der Waals surface area contributed by atoms with Crippen molar-refractivity contribution in [1.29, 1.82) is 0 Å². The van der Waals surface area contributed by atoms with Gasteiger partial charge in [-0.05, 0) is 18.2 Å². The van der Waals surface area contributed by atoms with Crippen molar-refractivity contribution < 1.29 is 14.3 Å². The summed E-state index contributed by atoms with van der Waals surface area (Å²) in [7, 11) is 0. The van der Waals surface area contributed by atoms with Crippen molar-refractivity contribution in [2.24, 2.45) is 0 Å². The number of benzene rings is 1. The second kappa shape index (κ2) is 4.26. The first kappa shape index (κ1) is 10.5. The molecule has 0 bridgehead atoms. The number of carbonyl (C=O) groups is 1. The van der Waals surface area contributed by atoms with Crippen LogP contribution in [-0.4, -0.2) is 18.6 Å². The summed E-state index contributed by atoms with van der Waals surface area (Å²) in [6, 6.07) is 5.29. The van der Waals surface area contributed by atoms with Crippen molar-refractivity contribution in [3.63, 3.8) is 0 Å². The molecule has 0 saturated heterocycles. The molecule has 0 aliphatic carbocycles. The minimum atomic E-state index is -0.112. The summed E-state index contributed by atoms with van der Waals surface area (Å²) in [5.74, 6) is 1.20. The van der Waals surface area contributed by atoms with E-state index in [1.165, 1.54) is 6.92 Å². The van der Waals surface area contributed by atoms with Crippen LogP contribution in [0.4, 0.5) is 5.69 Å². The zero-order chi connectivity index (χ0) is 11.5. The fourth-order valence-corrected chi connectivity index (χ4v) is 1.48. The van der Waals surface area contributed by atoms with E-state index < -0.39 is 0 Å². The van der Waals surface area contributed by atoms with Crippen molar-refractivity contribution in [3.05, 3.63) is 30.9 Å². The van der Waals surface area contributed by atoms with E-state index in [-0.39, 0.29) is 12.0 Å². The Labute approximate surface area is 93.9 Å². The number of fused-ring (bicyclic) bond motifs is 1. The number of anilines is 1. The van der Waals surface area contributed by atoms with Gasteiger partial charge in [0.1, 0.15) is 6.61 Å². The molecular formula is C12H13NO3. The van der Waals surface area contributed by atoms with Crippen LogP contribution in [0.3, 0.4) is 0 Å². The third-order valence-corrected chi connectivity index (χ3v) is 2.21. The lowest BCUT2D eigenvalue weighted by atomic mass is 10.2. The van der Waals surface area contributed by atoms with Crippen LogP contribution in [0.2, 0.25) is 0 Å². The molecule has 0 spiro atoms. The van der Waals surface area contributed by atoms with Gasteiger partial charge in [0.05, 0.1) is 0 Å². The van der Waals surface area contributed by atoms with Gasteiger partial charge in [-0.15, -0.1) is 0 Å². The van der Waals surface area contributed by atoms with E-state index in [0.717, 1.165) is 0 Å². The lowest BCUT2D eigenvalue weighted by Gasteiger charge is -2.24. The van der Waals surface area contributed by atoms with Crippen molar-refractivity contribution in [3.8, 4) is 11.5 Å². The molecule has 4 nitrogen and oxygen atoms in total. The summed E-state index contributed by atoms with van der Waals surface area (Å²) in [6.07, 6.45) is 1.59. The SMILES string of the molecule is C=CC1COc2cc(NC(C)=O)ccc2O1. The van der Waals surface area contributed by atoms with Crippen molar-refractivity contribution in [1.82, 2.24) is 0 Å². The Morgan fingerprint density at radius 3 is 3.06 bits per heavy atom. The highest BCUT2D eigenvalue weighted by Crippen LogP contribution is 2.34. The lowest BCUT2D eigenvalue weighted by Crippen LogP contribution is -2.26. The number of nitrogens with one attached hydrogen (secondary N) is 1. The topological polar surface area (TPSA) is 47.6 Å². The van der Waals surface area contributed by atoms with Gasteiger partial charge < -0.3 is 14.8 Å². The number of hydrogen-bond acceptors (Lipinski definition) is 3. The third kappa shape index (κ3) is 2.16. The van der Waals surface area contributed by atoms with Crippen LogP contribution in [0.25, 0.3) is 0 Å². The van der Waals surface area contributed by atoms with Gasteiger partial charge in [0.25, 0.3) is 0 Å². The molecule has 1 heterocycles. The first-order valence-electron chi connectivity index (χ1n) is 5.02. The minimum Gasteiger partial charge on any atom is -0.485 e. The van der Waals surface area contributed by atoms with E-state index in [4.69, 9.17) is 9.47 Å². The van der Waals surface area contributed by atoms with E-state index in [2.05, 4.69) is 11.9 Å². The highest BCUT2D eigenvalue weighted by molar-refractivity contribution is 5.89. The van der Waals surface area contributed by atoms with Gasteiger partial charge in [-0.25, -0.2) is 0 Å². The van der Waals surface area contributed by atoms with E-state index in [0.29, 0.717) is 23.8 Å². The van der Waals surface area contributed by atoms with Crippen LogP contribution in [0.5, 0.6) is 11.5 Å². The summed E-state index contributed by atoms with van der Waals surface area (Å²) in [5, 5.41) is 2.69. The van der Waals surface area contributed by atoms with Gasteiger partial charge in [-0.2, -0.15) is 0 Å². The van der Waals surface area contributed by atoms with Crippen molar-refractivity contribution in [2.75, 3.05) is 11.9 Å². The maximum atomic E-state index is 10.9. The molecule has 4 heteroatoms. The van der Waals surface area contributed by atoms with Crippen LogP contribution >= 0.6 is 0 Å². The van der Waals surface area contributed by atoms with E-state index in [1.54, 1.807) is 24.3 Å². The maximum Gasteiger partial charge on any atom is 0.221 e. The molecule has 0 fully saturated rings. The third-order valence-electron chi connectivity index (χ3n) is 2.21. The molecule has 1 N–H and O–H groups in total. The van der Waals surface area contributed by atoms with E-state index in [9.17, 15) is 4.79 Å². The summed E-state index contributed by atoms with van der Waals surface area (Å²) in [5.41, 5.74) is 0.701. The summed E-state index contributed by atoms with van der Waals surface area (Å²) in [6.45, 7) is 5.56. The predicted molar refractivity (Wildman–Crippen MR) is 60.9 cm³/mol. The minimum absolute atomic E-state index is 0.111. The second-order valence-electron chi connectivity index (χ2n) is 3.55. The molecule has 1 atom stereocenters. The molecular weight excluding hydrogens is 206 g/mol. The molecule has 2 rings (SSSR count). The number of rotatable bonds is 2. The van der Waals surface area contributed by atoms with Gasteiger partial charge in [-0.3, -0.25) is 4.79 Å². The Balaban J connectivity index is 2.21. The Hall–Kier alpha value is -1.97. The maximum absolute atomic E-state index is 10.9. The highest BCUT2D eigenvalue weighted by atomic mass is 16.6. The quantitative estimate of drug-likeness (QED) is 0.773. The van der Waals surface area contributed by atoms with Crippen LogP contribution < -0.4 is 14.8 Å². The largest absolute Gasteiger partial charge is 0.485 e. The van der Waals surface area contributed by atoms with E-state index in [1.807, 2.05) is 0 Å². The Morgan fingerprint density at radius 2 is 2.38 bits per heavy atom. The van der Waals surface area contributed by atoms with Gasteiger partial charge in [0, 0.05) is 18.7 Å². The Kier molecular flexibility index (Phi) is 2.81. The molecule has 0 radical (unpaired) electrons. The monoisotopic (exact) mass is 219 g/mol. The Bertz CT molecular complexity index is 428. The first-order valence-corrected chi connectivity index (χ1v) is 5.02. The average Bonchev–Trinajstić information content (AvgIpc) is 2.27.